The zero-order valence-corrected chi connectivity index (χ0v) is 15.3. The molecule has 2 nitrogen and oxygen atoms in total. The van der Waals surface area contributed by atoms with Gasteiger partial charge in [0, 0.05) is 15.7 Å². The molecule has 1 heterocycles. The summed E-state index contributed by atoms with van der Waals surface area (Å²) >= 11 is 2.34. The maximum absolute atomic E-state index is 4.86. The molecule has 0 N–H and O–H groups in total. The summed E-state index contributed by atoms with van der Waals surface area (Å²) in [5, 5.41) is 0. The highest BCUT2D eigenvalue weighted by molar-refractivity contribution is 14.1. The van der Waals surface area contributed by atoms with Crippen LogP contribution in [0, 0.1) is 3.57 Å². The lowest BCUT2D eigenvalue weighted by atomic mass is 9.92. The van der Waals surface area contributed by atoms with E-state index in [2.05, 4.69) is 94.2 Å². The number of amidine groups is 1. The van der Waals surface area contributed by atoms with Crippen LogP contribution >= 0.6 is 22.6 Å². The molecule has 4 rings (SSSR count). The average molecular weight is 424 g/mol. The Balaban J connectivity index is 1.71. The number of hydrogen-bond acceptors (Lipinski definition) is 1. The number of rotatable bonds is 3. The zero-order valence-electron chi connectivity index (χ0n) is 13.1. The average Bonchev–Trinajstić information content (AvgIpc) is 2.62. The molecule has 118 valence electrons. The Morgan fingerprint density at radius 3 is 2.08 bits per heavy atom. The number of aliphatic imine (C=N–C) groups is 1. The van der Waals surface area contributed by atoms with Crippen LogP contribution in [0.2, 0.25) is 0 Å². The predicted octanol–water partition coefficient (Wildman–Crippen LogP) is 5.97. The largest absolute Gasteiger partial charge is 0.322 e. The van der Waals surface area contributed by atoms with E-state index in [-0.39, 0.29) is 0 Å². The van der Waals surface area contributed by atoms with E-state index >= 15 is 0 Å². The summed E-state index contributed by atoms with van der Waals surface area (Å²) in [7, 11) is 0. The van der Waals surface area contributed by atoms with Crippen LogP contribution in [0.1, 0.15) is 18.0 Å². The Morgan fingerprint density at radius 2 is 1.42 bits per heavy atom. The summed E-state index contributed by atoms with van der Waals surface area (Å²) in [6.07, 6.45) is 0.963. The SMILES string of the molecule is Ic1ccc(N2/C(=N/c3ccccc3)CC2c2ccccc2)cc1. The van der Waals surface area contributed by atoms with Crippen molar-refractivity contribution in [1.82, 2.24) is 0 Å². The number of anilines is 1. The van der Waals surface area contributed by atoms with Gasteiger partial charge < -0.3 is 4.90 Å². The van der Waals surface area contributed by atoms with Gasteiger partial charge in [-0.1, -0.05) is 48.5 Å². The van der Waals surface area contributed by atoms with Crippen molar-refractivity contribution >= 4 is 39.8 Å². The minimum atomic E-state index is 0.355. The topological polar surface area (TPSA) is 15.6 Å². The first-order valence-corrected chi connectivity index (χ1v) is 9.11. The lowest BCUT2D eigenvalue weighted by Gasteiger charge is -2.44. The van der Waals surface area contributed by atoms with Crippen molar-refractivity contribution in [3.8, 4) is 0 Å². The first-order valence-electron chi connectivity index (χ1n) is 8.03. The van der Waals surface area contributed by atoms with Crippen molar-refractivity contribution in [3.05, 3.63) is 94.1 Å². The van der Waals surface area contributed by atoms with Crippen LogP contribution in [0.15, 0.2) is 89.9 Å². The number of para-hydroxylation sites is 1. The van der Waals surface area contributed by atoms with Crippen LogP contribution in [-0.4, -0.2) is 5.84 Å². The van der Waals surface area contributed by atoms with Crippen LogP contribution in [0.5, 0.6) is 0 Å². The smallest absolute Gasteiger partial charge is 0.112 e. The monoisotopic (exact) mass is 424 g/mol. The summed E-state index contributed by atoms with van der Waals surface area (Å²) in [6, 6.07) is 29.9. The van der Waals surface area contributed by atoms with E-state index in [4.69, 9.17) is 4.99 Å². The number of hydrogen-bond donors (Lipinski definition) is 0. The Hall–Kier alpha value is -2.14. The molecule has 1 aliphatic rings. The molecule has 1 fully saturated rings. The highest BCUT2D eigenvalue weighted by atomic mass is 127. The van der Waals surface area contributed by atoms with E-state index in [1.54, 1.807) is 0 Å². The molecule has 0 bridgehead atoms. The van der Waals surface area contributed by atoms with E-state index in [1.165, 1.54) is 14.8 Å². The molecule has 1 saturated heterocycles. The van der Waals surface area contributed by atoms with Crippen molar-refractivity contribution in [2.45, 2.75) is 12.5 Å². The van der Waals surface area contributed by atoms with Gasteiger partial charge in [0.05, 0.1) is 11.7 Å². The summed E-state index contributed by atoms with van der Waals surface area (Å²) in [5.74, 6) is 1.12. The molecule has 0 saturated carbocycles. The Morgan fingerprint density at radius 1 is 0.792 bits per heavy atom. The van der Waals surface area contributed by atoms with Crippen LogP contribution in [0.25, 0.3) is 0 Å². The van der Waals surface area contributed by atoms with Gasteiger partial charge in [-0.05, 0) is 64.6 Å². The Kier molecular flexibility index (Phi) is 4.34. The molecular formula is C21H17IN2. The normalized spacial score (nSPS) is 18.5. The van der Waals surface area contributed by atoms with Crippen LogP contribution in [0.4, 0.5) is 11.4 Å². The van der Waals surface area contributed by atoms with Crippen molar-refractivity contribution in [2.75, 3.05) is 4.90 Å². The highest BCUT2D eigenvalue weighted by Gasteiger charge is 2.36. The first-order chi connectivity index (χ1) is 11.8. The molecule has 0 spiro atoms. The molecule has 1 aliphatic heterocycles. The number of halogens is 1. The van der Waals surface area contributed by atoms with Crippen molar-refractivity contribution in [3.63, 3.8) is 0 Å². The van der Waals surface area contributed by atoms with Crippen molar-refractivity contribution < 1.29 is 0 Å². The minimum absolute atomic E-state index is 0.355. The van der Waals surface area contributed by atoms with E-state index in [0.717, 1.165) is 17.9 Å². The number of nitrogens with zero attached hydrogens (tertiary/aromatic N) is 2. The van der Waals surface area contributed by atoms with E-state index in [0.29, 0.717) is 6.04 Å². The minimum Gasteiger partial charge on any atom is -0.322 e. The molecular weight excluding hydrogens is 407 g/mol. The lowest BCUT2D eigenvalue weighted by molar-refractivity contribution is 0.652. The van der Waals surface area contributed by atoms with Gasteiger partial charge in [-0.3, -0.25) is 0 Å². The third kappa shape index (κ3) is 3.08. The van der Waals surface area contributed by atoms with Gasteiger partial charge in [0.1, 0.15) is 5.84 Å². The molecule has 0 aliphatic carbocycles. The molecule has 3 aromatic rings. The van der Waals surface area contributed by atoms with Crippen LogP contribution < -0.4 is 4.90 Å². The summed E-state index contributed by atoms with van der Waals surface area (Å²) in [4.78, 5) is 7.21. The molecule has 1 atom stereocenters. The molecule has 0 amide bonds. The molecule has 24 heavy (non-hydrogen) atoms. The highest BCUT2D eigenvalue weighted by Crippen LogP contribution is 2.40. The maximum atomic E-state index is 4.86. The second kappa shape index (κ2) is 6.77. The van der Waals surface area contributed by atoms with Gasteiger partial charge in [0.15, 0.2) is 0 Å². The van der Waals surface area contributed by atoms with Crippen molar-refractivity contribution in [2.24, 2.45) is 4.99 Å². The third-order valence-electron chi connectivity index (χ3n) is 4.27. The van der Waals surface area contributed by atoms with E-state index in [9.17, 15) is 0 Å². The van der Waals surface area contributed by atoms with E-state index < -0.39 is 0 Å². The van der Waals surface area contributed by atoms with Crippen molar-refractivity contribution in [1.29, 1.82) is 0 Å². The maximum Gasteiger partial charge on any atom is 0.112 e. The standard InChI is InChI=1S/C21H17IN2/c22-17-11-13-19(14-12-17)24-20(16-7-3-1-4-8-16)15-21(24)23-18-9-5-2-6-10-18/h1-14,20H,15H2/b23-21+. The first kappa shape index (κ1) is 15.4. The van der Waals surface area contributed by atoms with Crippen LogP contribution in [-0.2, 0) is 0 Å². The molecule has 3 heteroatoms. The van der Waals surface area contributed by atoms with Gasteiger partial charge in [0.2, 0.25) is 0 Å². The molecule has 1 unspecified atom stereocenters. The van der Waals surface area contributed by atoms with E-state index in [1.807, 2.05) is 18.2 Å². The molecule has 3 aromatic carbocycles. The zero-order chi connectivity index (χ0) is 16.4. The third-order valence-corrected chi connectivity index (χ3v) is 4.99. The summed E-state index contributed by atoms with van der Waals surface area (Å²) in [6.45, 7) is 0. The fourth-order valence-electron chi connectivity index (χ4n) is 3.05. The predicted molar refractivity (Wildman–Crippen MR) is 109 cm³/mol. The summed E-state index contributed by atoms with van der Waals surface area (Å²) < 4.78 is 1.25. The quantitative estimate of drug-likeness (QED) is 0.473. The van der Waals surface area contributed by atoms with Gasteiger partial charge >= 0.3 is 0 Å². The molecule has 0 aromatic heterocycles. The van der Waals surface area contributed by atoms with Gasteiger partial charge in [-0.25, -0.2) is 4.99 Å². The summed E-state index contributed by atoms with van der Waals surface area (Å²) in [5.41, 5.74) is 3.54. The van der Waals surface area contributed by atoms with Gasteiger partial charge in [0.25, 0.3) is 0 Å². The Labute approximate surface area is 156 Å². The van der Waals surface area contributed by atoms with Crippen LogP contribution in [0.3, 0.4) is 0 Å². The lowest BCUT2D eigenvalue weighted by Crippen LogP contribution is -2.46. The van der Waals surface area contributed by atoms with Gasteiger partial charge in [-0.15, -0.1) is 0 Å². The molecule has 0 radical (unpaired) electrons. The van der Waals surface area contributed by atoms with Gasteiger partial charge in [-0.2, -0.15) is 0 Å². The fraction of sp³-hybridized carbons (Fsp3) is 0.0952. The number of benzene rings is 3. The second-order valence-electron chi connectivity index (χ2n) is 5.84. The second-order valence-corrected chi connectivity index (χ2v) is 7.09. The Bertz CT molecular complexity index is 842. The fourth-order valence-corrected chi connectivity index (χ4v) is 3.41.